The van der Waals surface area contributed by atoms with Crippen LogP contribution in [-0.2, 0) is 0 Å². The molecule has 0 aliphatic carbocycles. The van der Waals surface area contributed by atoms with E-state index in [0.29, 0.717) is 5.69 Å². The second kappa shape index (κ2) is 4.59. The Bertz CT molecular complexity index is 270. The van der Waals surface area contributed by atoms with Crippen LogP contribution in [0.2, 0.25) is 0 Å². The molecule has 1 rings (SSSR count). The van der Waals surface area contributed by atoms with Crippen LogP contribution in [-0.4, -0.2) is 48.8 Å². The predicted molar refractivity (Wildman–Crippen MR) is 45.8 cm³/mol. The number of nitrogens with two attached hydrogens (primary N) is 1. The van der Waals surface area contributed by atoms with Gasteiger partial charge in [-0.3, -0.25) is 0 Å². The van der Waals surface area contributed by atoms with Gasteiger partial charge in [-0.2, -0.15) is 0 Å². The number of hydrogen-bond acceptors (Lipinski definition) is 2. The first kappa shape index (κ1) is 10.7. The third kappa shape index (κ3) is 2.69. The minimum Gasteiger partial charge on any atom is -1.00 e. The van der Waals surface area contributed by atoms with Crippen LogP contribution in [0, 0.1) is 0 Å². The van der Waals surface area contributed by atoms with E-state index in [-0.39, 0.29) is 46.2 Å². The molecule has 1 aromatic carbocycles. The summed E-state index contributed by atoms with van der Waals surface area (Å²) in [5.41, 5.74) is 5.80. The van der Waals surface area contributed by atoms with Crippen molar-refractivity contribution in [2.45, 2.75) is 0 Å². The first-order valence-electron chi connectivity index (χ1n) is 2.79. The summed E-state index contributed by atoms with van der Waals surface area (Å²) in [5.74, 6) is -0.988. The predicted octanol–water partition coefficient (Wildman–Crippen LogP) is 0.811. The molecule has 3 nitrogen and oxygen atoms in total. The van der Waals surface area contributed by atoms with Gasteiger partial charge in [-0.15, -0.1) is 0 Å². The second-order valence-corrected chi connectivity index (χ2v) is 1.89. The Morgan fingerprint density at radius 3 is 2.36 bits per heavy atom. The van der Waals surface area contributed by atoms with Crippen molar-refractivity contribution >= 4 is 49.4 Å². The average molecular weight is 179 g/mol. The average Bonchev–Trinajstić information content (AvgIpc) is 1.88. The molecular formula is C7H9CaNO2. The van der Waals surface area contributed by atoms with Gasteiger partial charge in [0, 0.05) is 5.69 Å². The maximum Gasteiger partial charge on any atom is 2.00 e. The van der Waals surface area contributed by atoms with Crippen molar-refractivity contribution < 1.29 is 12.8 Å². The summed E-state index contributed by atoms with van der Waals surface area (Å²) in [6.45, 7) is 0. The maximum atomic E-state index is 10.3. The molecule has 0 aliphatic heterocycles. The standard InChI is InChI=1S/C7H7NO2.Ca.2H/c8-6-4-2-1-3-5(6)7(9)10;;;/h1-4H,8H2,(H,9,10);;;/q;+2;2*-1. The molecule has 3 N–H and O–H groups in total. The summed E-state index contributed by atoms with van der Waals surface area (Å²) < 4.78 is 0. The molecule has 0 amide bonds. The Kier molecular flexibility index (Phi) is 4.49. The van der Waals surface area contributed by atoms with Crippen LogP contribution >= 0.6 is 0 Å². The number of aromatic carboxylic acids is 1. The summed E-state index contributed by atoms with van der Waals surface area (Å²) in [6.07, 6.45) is 0. The quantitative estimate of drug-likeness (QED) is 0.495. The number of hydrogen-bond donors (Lipinski definition) is 2. The Morgan fingerprint density at radius 2 is 2.00 bits per heavy atom. The molecule has 0 fully saturated rings. The zero-order chi connectivity index (χ0) is 7.56. The normalized spacial score (nSPS) is 8.36. The Morgan fingerprint density at radius 1 is 1.45 bits per heavy atom. The Labute approximate surface area is 97.2 Å². The zero-order valence-electron chi connectivity index (χ0n) is 7.95. The van der Waals surface area contributed by atoms with E-state index in [1.807, 2.05) is 0 Å². The van der Waals surface area contributed by atoms with Crippen molar-refractivity contribution in [2.24, 2.45) is 0 Å². The molecule has 0 heterocycles. The number of carboxylic acid groups (broad SMARTS) is 1. The van der Waals surface area contributed by atoms with Crippen LogP contribution in [0.1, 0.15) is 13.2 Å². The minimum atomic E-state index is -0.988. The molecule has 0 unspecified atom stereocenters. The van der Waals surface area contributed by atoms with Gasteiger partial charge in [-0.1, -0.05) is 12.1 Å². The van der Waals surface area contributed by atoms with Crippen molar-refractivity contribution in [2.75, 3.05) is 5.73 Å². The van der Waals surface area contributed by atoms with Crippen molar-refractivity contribution in [3.05, 3.63) is 29.8 Å². The third-order valence-corrected chi connectivity index (χ3v) is 1.19. The van der Waals surface area contributed by atoms with Gasteiger partial charge in [-0.25, -0.2) is 4.79 Å². The molecule has 0 aromatic heterocycles. The summed E-state index contributed by atoms with van der Waals surface area (Å²) >= 11 is 0. The molecule has 0 spiro atoms. The second-order valence-electron chi connectivity index (χ2n) is 1.89. The fourth-order valence-corrected chi connectivity index (χ4v) is 0.692. The van der Waals surface area contributed by atoms with Crippen molar-refractivity contribution in [1.82, 2.24) is 0 Å². The number of para-hydroxylation sites is 1. The van der Waals surface area contributed by atoms with Crippen LogP contribution in [0.25, 0.3) is 0 Å². The van der Waals surface area contributed by atoms with Gasteiger partial charge in [-0.05, 0) is 12.1 Å². The molecule has 56 valence electrons. The molecule has 1 aromatic rings. The van der Waals surface area contributed by atoms with Crippen LogP contribution in [0.15, 0.2) is 24.3 Å². The molecule has 0 atom stereocenters. The molecular weight excluding hydrogens is 170 g/mol. The van der Waals surface area contributed by atoms with E-state index in [0.717, 1.165) is 0 Å². The van der Waals surface area contributed by atoms with Crippen LogP contribution in [0.3, 0.4) is 0 Å². The largest absolute Gasteiger partial charge is 2.00 e. The summed E-state index contributed by atoms with van der Waals surface area (Å²) in [4.78, 5) is 10.3. The van der Waals surface area contributed by atoms with E-state index < -0.39 is 5.97 Å². The van der Waals surface area contributed by atoms with Gasteiger partial charge in [0.1, 0.15) is 0 Å². The zero-order valence-corrected chi connectivity index (χ0v) is 8.16. The monoisotopic (exact) mass is 179 g/mol. The molecule has 0 aliphatic rings. The number of carboxylic acids is 1. The number of nitrogen functional groups attached to an aromatic ring is 1. The molecule has 11 heavy (non-hydrogen) atoms. The van der Waals surface area contributed by atoms with E-state index in [9.17, 15) is 4.79 Å². The van der Waals surface area contributed by atoms with E-state index in [2.05, 4.69) is 0 Å². The fourth-order valence-electron chi connectivity index (χ4n) is 0.692. The van der Waals surface area contributed by atoms with Crippen LogP contribution < -0.4 is 5.73 Å². The van der Waals surface area contributed by atoms with Crippen molar-refractivity contribution in [1.29, 1.82) is 0 Å². The van der Waals surface area contributed by atoms with Gasteiger partial charge in [0.05, 0.1) is 5.56 Å². The Balaban J connectivity index is -0.000000333. The van der Waals surface area contributed by atoms with Gasteiger partial charge in [0.2, 0.25) is 0 Å². The molecule has 0 saturated carbocycles. The topological polar surface area (TPSA) is 63.3 Å². The number of benzene rings is 1. The fraction of sp³-hybridized carbons (Fsp3) is 0. The van der Waals surface area contributed by atoms with Crippen LogP contribution in [0.4, 0.5) is 5.69 Å². The summed E-state index contributed by atoms with van der Waals surface area (Å²) in [6, 6.07) is 6.36. The van der Waals surface area contributed by atoms with Gasteiger partial charge in [0.25, 0.3) is 0 Å². The number of rotatable bonds is 1. The Hall–Kier alpha value is -0.250. The third-order valence-electron chi connectivity index (χ3n) is 1.19. The summed E-state index contributed by atoms with van der Waals surface area (Å²) in [7, 11) is 0. The van der Waals surface area contributed by atoms with E-state index >= 15 is 0 Å². The number of carbonyl (C=O) groups is 1. The first-order valence-corrected chi connectivity index (χ1v) is 2.79. The van der Waals surface area contributed by atoms with Gasteiger partial charge >= 0.3 is 43.7 Å². The molecule has 0 saturated heterocycles. The molecule has 0 bridgehead atoms. The van der Waals surface area contributed by atoms with Gasteiger partial charge < -0.3 is 13.7 Å². The number of anilines is 1. The van der Waals surface area contributed by atoms with E-state index in [4.69, 9.17) is 10.8 Å². The van der Waals surface area contributed by atoms with E-state index in [1.165, 1.54) is 6.07 Å². The SMILES string of the molecule is Nc1ccccc1C(=O)O.[Ca+2].[H-].[H-]. The molecule has 0 radical (unpaired) electrons. The summed E-state index contributed by atoms with van der Waals surface area (Å²) in [5, 5.41) is 8.49. The molecule has 4 heteroatoms. The minimum absolute atomic E-state index is 0. The van der Waals surface area contributed by atoms with Crippen LogP contribution in [0.5, 0.6) is 0 Å². The first-order chi connectivity index (χ1) is 4.72. The smallest absolute Gasteiger partial charge is 1.00 e. The van der Waals surface area contributed by atoms with E-state index in [1.54, 1.807) is 18.2 Å². The van der Waals surface area contributed by atoms with Gasteiger partial charge in [0.15, 0.2) is 0 Å². The maximum absolute atomic E-state index is 10.3. The van der Waals surface area contributed by atoms with Crippen molar-refractivity contribution in [3.8, 4) is 0 Å². The van der Waals surface area contributed by atoms with Crippen molar-refractivity contribution in [3.63, 3.8) is 0 Å².